The van der Waals surface area contributed by atoms with Gasteiger partial charge in [-0.3, -0.25) is 4.79 Å². The molecule has 0 spiro atoms. The van der Waals surface area contributed by atoms with Crippen LogP contribution in [0.1, 0.15) is 43.0 Å². The van der Waals surface area contributed by atoms with Crippen LogP contribution in [-0.4, -0.2) is 36.7 Å². The smallest absolute Gasteiger partial charge is 0.250 e. The van der Waals surface area contributed by atoms with Gasteiger partial charge in [-0.1, -0.05) is 6.92 Å². The molecule has 0 bridgehead atoms. The monoisotopic (exact) mass is 371 g/mol. The molecule has 2 heterocycles. The molecule has 0 aromatic heterocycles. The minimum atomic E-state index is -0.683. The summed E-state index contributed by atoms with van der Waals surface area (Å²) in [5.41, 5.74) is 7.17. The van der Waals surface area contributed by atoms with Crippen LogP contribution in [0, 0.1) is 22.6 Å². The van der Waals surface area contributed by atoms with Crippen molar-refractivity contribution >= 4 is 23.5 Å². The summed E-state index contributed by atoms with van der Waals surface area (Å²) in [7, 11) is 0. The van der Waals surface area contributed by atoms with Gasteiger partial charge in [-0.15, -0.1) is 0 Å². The predicted octanol–water partition coefficient (Wildman–Crippen LogP) is 3.14. The number of rotatable bonds is 5. The Balaban J connectivity index is 1.58. The van der Waals surface area contributed by atoms with Crippen molar-refractivity contribution in [3.63, 3.8) is 0 Å². The molecule has 0 unspecified atom stereocenters. The van der Waals surface area contributed by atoms with E-state index in [0.717, 1.165) is 43.5 Å². The Kier molecular flexibility index (Phi) is 4.42. The van der Waals surface area contributed by atoms with Gasteiger partial charge in [-0.2, -0.15) is 0 Å². The van der Waals surface area contributed by atoms with Crippen LogP contribution in [0.2, 0.25) is 0 Å². The van der Waals surface area contributed by atoms with Gasteiger partial charge in [0.05, 0.1) is 16.9 Å². The summed E-state index contributed by atoms with van der Waals surface area (Å²) in [5, 5.41) is 14.3. The molecular formula is C20H26FN5O. The summed E-state index contributed by atoms with van der Waals surface area (Å²) in [4.78, 5) is 14.2. The van der Waals surface area contributed by atoms with Crippen LogP contribution < -0.4 is 16.4 Å². The number of piperidine rings is 1. The van der Waals surface area contributed by atoms with Crippen LogP contribution in [0.15, 0.2) is 23.5 Å². The number of carbonyl (C=O) groups is 1. The van der Waals surface area contributed by atoms with Gasteiger partial charge in [-0.05, 0) is 62.2 Å². The van der Waals surface area contributed by atoms with E-state index in [0.29, 0.717) is 17.2 Å². The van der Waals surface area contributed by atoms with Crippen LogP contribution in [0.25, 0.3) is 0 Å². The summed E-state index contributed by atoms with van der Waals surface area (Å²) >= 11 is 0. The Bertz CT molecular complexity index is 822. The fourth-order valence-corrected chi connectivity index (χ4v) is 4.17. The van der Waals surface area contributed by atoms with Gasteiger partial charge in [0.25, 0.3) is 5.91 Å². The highest BCUT2D eigenvalue weighted by molar-refractivity contribution is 6.04. The summed E-state index contributed by atoms with van der Waals surface area (Å²) in [6.07, 6.45) is 6.01. The number of nitrogens with two attached hydrogens (primary N) is 1. The molecule has 1 saturated heterocycles. The number of primary amides is 1. The van der Waals surface area contributed by atoms with E-state index in [4.69, 9.17) is 11.1 Å². The SMILES string of the molecule is CC1(/C(C=N)=C2\Nc3cc(F)cc(C(N)=O)c3N2)CCN(CC2CC2)CC1. The molecule has 4 rings (SSSR count). The Morgan fingerprint density at radius 3 is 2.67 bits per heavy atom. The number of nitrogens with zero attached hydrogens (tertiary/aromatic N) is 1. The molecule has 27 heavy (non-hydrogen) atoms. The van der Waals surface area contributed by atoms with E-state index in [1.165, 1.54) is 31.7 Å². The van der Waals surface area contributed by atoms with Crippen molar-refractivity contribution in [3.05, 3.63) is 34.9 Å². The molecule has 1 saturated carbocycles. The van der Waals surface area contributed by atoms with Gasteiger partial charge in [0.15, 0.2) is 0 Å². The van der Waals surface area contributed by atoms with Gasteiger partial charge in [0.1, 0.15) is 11.6 Å². The minimum Gasteiger partial charge on any atom is -0.366 e. The Morgan fingerprint density at radius 2 is 2.07 bits per heavy atom. The number of anilines is 2. The van der Waals surface area contributed by atoms with E-state index in [1.54, 1.807) is 0 Å². The first-order valence-electron chi connectivity index (χ1n) is 9.54. The van der Waals surface area contributed by atoms with E-state index in [2.05, 4.69) is 22.5 Å². The zero-order valence-corrected chi connectivity index (χ0v) is 15.6. The van der Waals surface area contributed by atoms with Crippen LogP contribution >= 0.6 is 0 Å². The maximum absolute atomic E-state index is 13.8. The van der Waals surface area contributed by atoms with E-state index in [9.17, 15) is 9.18 Å². The largest absolute Gasteiger partial charge is 0.366 e. The first-order valence-corrected chi connectivity index (χ1v) is 9.54. The lowest BCUT2D eigenvalue weighted by molar-refractivity contribution is 0.100. The number of halogens is 1. The molecule has 2 fully saturated rings. The Hall–Kier alpha value is -2.41. The second-order valence-corrected chi connectivity index (χ2v) is 8.23. The number of benzene rings is 1. The van der Waals surface area contributed by atoms with Crippen LogP contribution in [-0.2, 0) is 0 Å². The summed E-state index contributed by atoms with van der Waals surface area (Å²) in [6.45, 7) is 5.41. The first-order chi connectivity index (χ1) is 12.9. The van der Waals surface area contributed by atoms with E-state index in [-0.39, 0.29) is 11.0 Å². The van der Waals surface area contributed by atoms with Gasteiger partial charge in [0, 0.05) is 18.3 Å². The lowest BCUT2D eigenvalue weighted by Gasteiger charge is -2.40. The second-order valence-electron chi connectivity index (χ2n) is 8.23. The maximum Gasteiger partial charge on any atom is 0.250 e. The third-order valence-electron chi connectivity index (χ3n) is 6.12. The van der Waals surface area contributed by atoms with Gasteiger partial charge >= 0.3 is 0 Å². The second kappa shape index (κ2) is 6.64. The highest BCUT2D eigenvalue weighted by Gasteiger charge is 2.37. The van der Waals surface area contributed by atoms with Crippen molar-refractivity contribution in [2.75, 3.05) is 30.3 Å². The molecule has 1 aromatic carbocycles. The molecule has 0 atom stereocenters. The molecule has 3 aliphatic rings. The quantitative estimate of drug-likeness (QED) is 0.598. The zero-order valence-electron chi connectivity index (χ0n) is 15.6. The molecule has 7 heteroatoms. The molecule has 6 nitrogen and oxygen atoms in total. The minimum absolute atomic E-state index is 0.112. The molecule has 0 radical (unpaired) electrons. The molecule has 1 amide bonds. The first kappa shape index (κ1) is 18.0. The summed E-state index contributed by atoms with van der Waals surface area (Å²) in [5.74, 6) is 0.322. The van der Waals surface area contributed by atoms with Crippen molar-refractivity contribution in [1.82, 2.24) is 4.90 Å². The zero-order chi connectivity index (χ0) is 19.2. The number of hydrogen-bond acceptors (Lipinski definition) is 5. The number of hydrogen-bond donors (Lipinski definition) is 4. The normalized spacial score (nSPS) is 23.2. The van der Waals surface area contributed by atoms with Crippen molar-refractivity contribution in [2.24, 2.45) is 17.1 Å². The number of fused-ring (bicyclic) bond motifs is 1. The Morgan fingerprint density at radius 1 is 1.37 bits per heavy atom. The molecule has 144 valence electrons. The maximum atomic E-state index is 13.8. The number of nitrogens with one attached hydrogen (secondary N) is 3. The highest BCUT2D eigenvalue weighted by Crippen LogP contribution is 2.43. The topological polar surface area (TPSA) is 94.2 Å². The van der Waals surface area contributed by atoms with Crippen LogP contribution in [0.4, 0.5) is 15.8 Å². The van der Waals surface area contributed by atoms with Crippen molar-refractivity contribution in [2.45, 2.75) is 32.6 Å². The van der Waals surface area contributed by atoms with Gasteiger partial charge < -0.3 is 26.7 Å². The summed E-state index contributed by atoms with van der Waals surface area (Å²) < 4.78 is 13.8. The van der Waals surface area contributed by atoms with Crippen LogP contribution in [0.3, 0.4) is 0 Å². The van der Waals surface area contributed by atoms with Gasteiger partial charge in [-0.25, -0.2) is 4.39 Å². The fraction of sp³-hybridized carbons (Fsp3) is 0.500. The number of carbonyl (C=O) groups excluding carboxylic acids is 1. The lowest BCUT2D eigenvalue weighted by Crippen LogP contribution is -2.41. The average Bonchev–Trinajstić information content (AvgIpc) is 3.34. The predicted molar refractivity (Wildman–Crippen MR) is 104 cm³/mol. The Labute approximate surface area is 158 Å². The number of likely N-dealkylation sites (tertiary alicyclic amines) is 1. The van der Waals surface area contributed by atoms with Crippen LogP contribution in [0.5, 0.6) is 0 Å². The average molecular weight is 371 g/mol. The molecule has 5 N–H and O–H groups in total. The van der Waals surface area contributed by atoms with Crippen molar-refractivity contribution in [3.8, 4) is 0 Å². The molecule has 1 aromatic rings. The third kappa shape index (κ3) is 3.43. The number of allylic oxidation sites excluding steroid dienone is 1. The number of amides is 1. The summed E-state index contributed by atoms with van der Waals surface area (Å²) in [6, 6.07) is 2.48. The standard InChI is InChI=1S/C20H26FN5O/c1-20(4-6-26(7-5-20)11-12-2-3-12)15(10-22)19-24-16-9-13(21)8-14(18(23)27)17(16)25-19/h8-10,12,22,24-25H,2-7,11H2,1H3,(H2,23,27)/b19-15+,22-10?. The third-order valence-corrected chi connectivity index (χ3v) is 6.12. The van der Waals surface area contributed by atoms with Gasteiger partial charge in [0.2, 0.25) is 0 Å². The lowest BCUT2D eigenvalue weighted by atomic mass is 9.74. The fourth-order valence-electron chi connectivity index (χ4n) is 4.17. The highest BCUT2D eigenvalue weighted by atomic mass is 19.1. The van der Waals surface area contributed by atoms with Crippen molar-refractivity contribution < 1.29 is 9.18 Å². The van der Waals surface area contributed by atoms with Crippen molar-refractivity contribution in [1.29, 1.82) is 5.41 Å². The van der Waals surface area contributed by atoms with E-state index < -0.39 is 11.7 Å². The molecule has 1 aliphatic carbocycles. The van der Waals surface area contributed by atoms with E-state index >= 15 is 0 Å². The molecule has 2 aliphatic heterocycles. The van der Waals surface area contributed by atoms with E-state index in [1.807, 2.05) is 0 Å². The molecular weight excluding hydrogens is 345 g/mol.